The molecule has 154 valence electrons. The van der Waals surface area contributed by atoms with Gasteiger partial charge in [0.2, 0.25) is 5.91 Å². The minimum absolute atomic E-state index is 0.0119. The molecule has 2 aliphatic rings. The van der Waals surface area contributed by atoms with Crippen LogP contribution in [0.15, 0.2) is 46.9 Å². The van der Waals surface area contributed by atoms with Crippen molar-refractivity contribution in [2.24, 2.45) is 17.8 Å². The van der Waals surface area contributed by atoms with Gasteiger partial charge in [-0.15, -0.1) is 6.58 Å². The van der Waals surface area contributed by atoms with Gasteiger partial charge in [-0.3, -0.25) is 14.2 Å². The van der Waals surface area contributed by atoms with E-state index in [4.69, 9.17) is 0 Å². The van der Waals surface area contributed by atoms with E-state index in [9.17, 15) is 9.59 Å². The number of benzene rings is 1. The molecule has 29 heavy (non-hydrogen) atoms. The maximum absolute atomic E-state index is 12.9. The Bertz CT molecular complexity index is 986. The Morgan fingerprint density at radius 2 is 2.14 bits per heavy atom. The van der Waals surface area contributed by atoms with Crippen LogP contribution in [0.2, 0.25) is 0 Å². The first kappa shape index (κ1) is 20.2. The first-order valence-electron chi connectivity index (χ1n) is 10.6. The van der Waals surface area contributed by atoms with Gasteiger partial charge in [0, 0.05) is 12.6 Å². The van der Waals surface area contributed by atoms with Crippen molar-refractivity contribution < 1.29 is 4.79 Å². The summed E-state index contributed by atoms with van der Waals surface area (Å²) in [6, 6.07) is 7.52. The van der Waals surface area contributed by atoms with Crippen molar-refractivity contribution in [2.45, 2.75) is 62.5 Å². The largest absolute Gasteiger partial charge is 0.352 e. The molecule has 0 saturated heterocycles. The molecule has 2 fully saturated rings. The number of allylic oxidation sites excluding steroid dienone is 1. The highest BCUT2D eigenvalue weighted by Crippen LogP contribution is 2.49. The monoisotopic (exact) mass is 411 g/mol. The summed E-state index contributed by atoms with van der Waals surface area (Å²) in [4.78, 5) is 30.4. The highest BCUT2D eigenvalue weighted by molar-refractivity contribution is 8.00. The van der Waals surface area contributed by atoms with Crippen molar-refractivity contribution in [2.75, 3.05) is 0 Å². The highest BCUT2D eigenvalue weighted by atomic mass is 32.2. The lowest BCUT2D eigenvalue weighted by atomic mass is 9.84. The zero-order valence-electron chi connectivity index (χ0n) is 17.1. The fraction of sp³-hybridized carbons (Fsp3) is 0.522. The Balaban J connectivity index is 1.49. The van der Waals surface area contributed by atoms with Crippen LogP contribution in [0.1, 0.15) is 39.5 Å². The average Bonchev–Trinajstić information content (AvgIpc) is 3.34. The molecule has 5 nitrogen and oxygen atoms in total. The van der Waals surface area contributed by atoms with Crippen LogP contribution in [0.3, 0.4) is 0 Å². The number of carbonyl (C=O) groups is 1. The molecular weight excluding hydrogens is 382 g/mol. The standard InChI is InChI=1S/C23H29N3O2S/c1-4-11-26-22(28)18-7-5-6-8-20(18)25-23(26)29-15(3)21(27)24-14(2)19-13-16-9-10-17(19)12-16/h4-8,14-17,19H,1,9-13H2,2-3H3,(H,24,27). The molecule has 5 atom stereocenters. The molecule has 2 bridgehead atoms. The van der Waals surface area contributed by atoms with Crippen LogP contribution in [0.4, 0.5) is 0 Å². The summed E-state index contributed by atoms with van der Waals surface area (Å²) in [6.07, 6.45) is 6.95. The quantitative estimate of drug-likeness (QED) is 0.425. The molecule has 2 aliphatic carbocycles. The topological polar surface area (TPSA) is 64.0 Å². The lowest BCUT2D eigenvalue weighted by Gasteiger charge is -2.29. The van der Waals surface area contributed by atoms with E-state index in [0.29, 0.717) is 28.5 Å². The third-order valence-corrected chi connectivity index (χ3v) is 7.68. The van der Waals surface area contributed by atoms with Crippen molar-refractivity contribution in [3.05, 3.63) is 47.3 Å². The van der Waals surface area contributed by atoms with Gasteiger partial charge in [-0.2, -0.15) is 0 Å². The van der Waals surface area contributed by atoms with Gasteiger partial charge in [0.15, 0.2) is 5.16 Å². The van der Waals surface area contributed by atoms with Crippen LogP contribution < -0.4 is 10.9 Å². The number of nitrogens with zero attached hydrogens (tertiary/aromatic N) is 2. The smallest absolute Gasteiger partial charge is 0.262 e. The molecule has 0 radical (unpaired) electrons. The van der Waals surface area contributed by atoms with E-state index in [1.807, 2.05) is 25.1 Å². The number of nitrogens with one attached hydrogen (secondary N) is 1. The molecule has 2 saturated carbocycles. The first-order valence-corrected chi connectivity index (χ1v) is 11.4. The van der Waals surface area contributed by atoms with Crippen LogP contribution in [0.25, 0.3) is 10.9 Å². The number of thioether (sulfide) groups is 1. The normalized spacial score (nSPS) is 25.1. The van der Waals surface area contributed by atoms with E-state index in [0.717, 1.165) is 11.8 Å². The number of carbonyl (C=O) groups excluding carboxylic acids is 1. The fourth-order valence-corrected chi connectivity index (χ4v) is 6.02. The average molecular weight is 412 g/mol. The summed E-state index contributed by atoms with van der Waals surface area (Å²) in [5.74, 6) is 2.26. The van der Waals surface area contributed by atoms with E-state index in [1.54, 1.807) is 16.7 Å². The van der Waals surface area contributed by atoms with Gasteiger partial charge in [-0.1, -0.05) is 36.4 Å². The maximum atomic E-state index is 12.9. The van der Waals surface area contributed by atoms with E-state index < -0.39 is 0 Å². The number of fused-ring (bicyclic) bond motifs is 3. The Kier molecular flexibility index (Phi) is 5.81. The summed E-state index contributed by atoms with van der Waals surface area (Å²) in [6.45, 7) is 8.15. The third kappa shape index (κ3) is 4.00. The minimum Gasteiger partial charge on any atom is -0.352 e. The van der Waals surface area contributed by atoms with Gasteiger partial charge >= 0.3 is 0 Å². The Hall–Kier alpha value is -2.08. The summed E-state index contributed by atoms with van der Waals surface area (Å²) in [5.41, 5.74) is 0.559. The molecule has 1 aromatic carbocycles. The second-order valence-corrected chi connectivity index (χ2v) is 9.82. The van der Waals surface area contributed by atoms with Crippen LogP contribution in [0.5, 0.6) is 0 Å². The molecule has 1 N–H and O–H groups in total. The molecule has 0 spiro atoms. The summed E-state index contributed by atoms with van der Waals surface area (Å²) in [7, 11) is 0. The summed E-state index contributed by atoms with van der Waals surface area (Å²) < 4.78 is 1.60. The number of rotatable bonds is 7. The van der Waals surface area contributed by atoms with Gasteiger partial charge in [0.05, 0.1) is 16.2 Å². The fourth-order valence-electron chi connectivity index (χ4n) is 5.09. The van der Waals surface area contributed by atoms with Crippen molar-refractivity contribution >= 4 is 28.6 Å². The molecule has 1 heterocycles. The molecule has 2 aromatic rings. The molecule has 1 amide bonds. The molecule has 0 aliphatic heterocycles. The lowest BCUT2D eigenvalue weighted by Crippen LogP contribution is -2.43. The van der Waals surface area contributed by atoms with Gasteiger partial charge in [-0.05, 0) is 63.0 Å². The van der Waals surface area contributed by atoms with E-state index >= 15 is 0 Å². The van der Waals surface area contributed by atoms with Crippen LogP contribution in [-0.2, 0) is 11.3 Å². The Labute approximate surface area is 176 Å². The van der Waals surface area contributed by atoms with Gasteiger partial charge in [0.25, 0.3) is 5.56 Å². The van der Waals surface area contributed by atoms with Crippen molar-refractivity contribution in [3.63, 3.8) is 0 Å². The zero-order valence-corrected chi connectivity index (χ0v) is 18.0. The molecule has 6 heteroatoms. The molecule has 1 aromatic heterocycles. The number of aromatic nitrogens is 2. The second kappa shape index (κ2) is 8.34. The van der Waals surface area contributed by atoms with E-state index in [-0.39, 0.29) is 22.8 Å². The first-order chi connectivity index (χ1) is 14.0. The molecular formula is C23H29N3O2S. The number of hydrogen-bond acceptors (Lipinski definition) is 4. The third-order valence-electron chi connectivity index (χ3n) is 6.59. The Morgan fingerprint density at radius 1 is 1.34 bits per heavy atom. The van der Waals surface area contributed by atoms with Crippen molar-refractivity contribution in [3.8, 4) is 0 Å². The highest BCUT2D eigenvalue weighted by Gasteiger charge is 2.42. The predicted octanol–water partition coefficient (Wildman–Crippen LogP) is 4.00. The number of amides is 1. The Morgan fingerprint density at radius 3 is 2.83 bits per heavy atom. The summed E-state index contributed by atoms with van der Waals surface area (Å²) >= 11 is 1.34. The molecule has 4 rings (SSSR count). The SMILES string of the molecule is C=CCn1c(SC(C)C(=O)NC(C)C2CC3CCC2C3)nc2ccccc2c1=O. The second-order valence-electron chi connectivity index (χ2n) is 8.51. The van der Waals surface area contributed by atoms with Crippen molar-refractivity contribution in [1.29, 1.82) is 0 Å². The minimum atomic E-state index is -0.333. The van der Waals surface area contributed by atoms with E-state index in [2.05, 4.69) is 23.8 Å². The van der Waals surface area contributed by atoms with Crippen molar-refractivity contribution in [1.82, 2.24) is 14.9 Å². The van der Waals surface area contributed by atoms with E-state index in [1.165, 1.54) is 37.4 Å². The zero-order chi connectivity index (χ0) is 20.5. The van der Waals surface area contributed by atoms with Gasteiger partial charge in [-0.25, -0.2) is 4.98 Å². The molecule has 5 unspecified atom stereocenters. The number of hydrogen-bond donors (Lipinski definition) is 1. The van der Waals surface area contributed by atoms with Crippen LogP contribution >= 0.6 is 11.8 Å². The van der Waals surface area contributed by atoms with Crippen LogP contribution in [-0.4, -0.2) is 26.8 Å². The van der Waals surface area contributed by atoms with Gasteiger partial charge in [0.1, 0.15) is 0 Å². The maximum Gasteiger partial charge on any atom is 0.262 e. The predicted molar refractivity (Wildman–Crippen MR) is 118 cm³/mol. The summed E-state index contributed by atoms with van der Waals surface area (Å²) in [5, 5.41) is 4.04. The van der Waals surface area contributed by atoms with Crippen LogP contribution in [0, 0.1) is 17.8 Å². The van der Waals surface area contributed by atoms with Gasteiger partial charge < -0.3 is 5.32 Å². The number of para-hydroxylation sites is 1. The lowest BCUT2D eigenvalue weighted by molar-refractivity contribution is -0.121.